The molecule has 15 heavy (non-hydrogen) atoms. The van der Waals surface area contributed by atoms with Gasteiger partial charge in [-0.1, -0.05) is 26.2 Å². The molecule has 0 aromatic carbocycles. The van der Waals surface area contributed by atoms with Crippen molar-refractivity contribution in [3.05, 3.63) is 0 Å². The maximum atomic E-state index is 9.51. The molecule has 1 unspecified atom stereocenters. The van der Waals surface area contributed by atoms with Crippen LogP contribution in [-0.2, 0) is 0 Å². The zero-order valence-electron chi connectivity index (χ0n) is 9.63. The lowest BCUT2D eigenvalue weighted by atomic mass is 9.81. The average Bonchev–Trinajstić information content (AvgIpc) is 2.30. The second-order valence-electron chi connectivity index (χ2n) is 4.61. The standard InChI is InChI=1S/C12H22N2O/c1-2-11(6-9-13)14-12(10-15)7-4-3-5-8-12/h11,14-15H,2-8,10H2,1H3. The molecule has 1 aliphatic carbocycles. The zero-order valence-corrected chi connectivity index (χ0v) is 9.63. The van der Waals surface area contributed by atoms with Gasteiger partial charge in [-0.2, -0.15) is 5.26 Å². The predicted octanol–water partition coefficient (Wildman–Crippen LogP) is 1.96. The Morgan fingerprint density at radius 2 is 2.07 bits per heavy atom. The van der Waals surface area contributed by atoms with E-state index in [4.69, 9.17) is 5.26 Å². The minimum atomic E-state index is -0.101. The molecule has 1 fully saturated rings. The molecule has 3 nitrogen and oxygen atoms in total. The number of nitrogens with zero attached hydrogens (tertiary/aromatic N) is 1. The largest absolute Gasteiger partial charge is 0.394 e. The van der Waals surface area contributed by atoms with Crippen LogP contribution in [0.1, 0.15) is 51.9 Å². The summed E-state index contributed by atoms with van der Waals surface area (Å²) in [6, 6.07) is 2.44. The highest BCUT2D eigenvalue weighted by Crippen LogP contribution is 2.28. The van der Waals surface area contributed by atoms with Gasteiger partial charge in [0.1, 0.15) is 0 Å². The Labute approximate surface area is 92.5 Å². The van der Waals surface area contributed by atoms with Gasteiger partial charge >= 0.3 is 0 Å². The first-order chi connectivity index (χ1) is 7.26. The van der Waals surface area contributed by atoms with Gasteiger partial charge in [-0.3, -0.25) is 0 Å². The zero-order chi connectivity index (χ0) is 11.1. The van der Waals surface area contributed by atoms with Crippen LogP contribution in [0.4, 0.5) is 0 Å². The van der Waals surface area contributed by atoms with E-state index in [2.05, 4.69) is 18.3 Å². The van der Waals surface area contributed by atoms with E-state index >= 15 is 0 Å². The van der Waals surface area contributed by atoms with Crippen LogP contribution in [0.2, 0.25) is 0 Å². The van der Waals surface area contributed by atoms with Crippen LogP contribution in [0.5, 0.6) is 0 Å². The smallest absolute Gasteiger partial charge is 0.0638 e. The summed E-state index contributed by atoms with van der Waals surface area (Å²) < 4.78 is 0. The van der Waals surface area contributed by atoms with Crippen molar-refractivity contribution in [1.82, 2.24) is 5.32 Å². The molecule has 86 valence electrons. The van der Waals surface area contributed by atoms with Crippen molar-refractivity contribution in [3.63, 3.8) is 0 Å². The topological polar surface area (TPSA) is 56.0 Å². The molecule has 0 aromatic heterocycles. The van der Waals surface area contributed by atoms with Gasteiger partial charge in [-0.05, 0) is 19.3 Å². The maximum absolute atomic E-state index is 9.51. The van der Waals surface area contributed by atoms with Crippen molar-refractivity contribution in [2.45, 2.75) is 63.5 Å². The summed E-state index contributed by atoms with van der Waals surface area (Å²) in [4.78, 5) is 0. The molecule has 1 rings (SSSR count). The molecule has 3 heteroatoms. The normalized spacial score (nSPS) is 21.9. The van der Waals surface area contributed by atoms with Crippen LogP contribution in [0.25, 0.3) is 0 Å². The highest BCUT2D eigenvalue weighted by Gasteiger charge is 2.32. The van der Waals surface area contributed by atoms with Gasteiger partial charge in [0.05, 0.1) is 19.1 Å². The monoisotopic (exact) mass is 210 g/mol. The highest BCUT2D eigenvalue weighted by molar-refractivity contribution is 4.94. The molecule has 0 saturated heterocycles. The van der Waals surface area contributed by atoms with Gasteiger partial charge < -0.3 is 10.4 Å². The van der Waals surface area contributed by atoms with Crippen LogP contribution in [0.15, 0.2) is 0 Å². The van der Waals surface area contributed by atoms with Crippen molar-refractivity contribution in [2.75, 3.05) is 6.61 Å². The van der Waals surface area contributed by atoms with Crippen molar-refractivity contribution >= 4 is 0 Å². The van der Waals surface area contributed by atoms with Crippen molar-refractivity contribution in [1.29, 1.82) is 5.26 Å². The Kier molecular flexibility index (Phi) is 5.07. The highest BCUT2D eigenvalue weighted by atomic mass is 16.3. The van der Waals surface area contributed by atoms with Crippen LogP contribution in [-0.4, -0.2) is 23.3 Å². The average molecular weight is 210 g/mol. The fourth-order valence-corrected chi connectivity index (χ4v) is 2.42. The first-order valence-electron chi connectivity index (χ1n) is 6.02. The Morgan fingerprint density at radius 1 is 1.40 bits per heavy atom. The number of rotatable bonds is 5. The Balaban J connectivity index is 2.53. The van der Waals surface area contributed by atoms with E-state index in [1.54, 1.807) is 0 Å². The molecule has 0 bridgehead atoms. The lowest BCUT2D eigenvalue weighted by Gasteiger charge is -2.39. The lowest BCUT2D eigenvalue weighted by molar-refractivity contribution is 0.108. The Hall–Kier alpha value is -0.590. The van der Waals surface area contributed by atoms with E-state index in [0.29, 0.717) is 6.42 Å². The van der Waals surface area contributed by atoms with E-state index < -0.39 is 0 Å². The molecule has 0 amide bonds. The van der Waals surface area contributed by atoms with Crippen molar-refractivity contribution < 1.29 is 5.11 Å². The molecular weight excluding hydrogens is 188 g/mol. The molecule has 1 aliphatic rings. The summed E-state index contributed by atoms with van der Waals surface area (Å²) in [6.45, 7) is 2.29. The van der Waals surface area contributed by atoms with Gasteiger partial charge in [0.25, 0.3) is 0 Å². The second kappa shape index (κ2) is 6.09. The van der Waals surface area contributed by atoms with Crippen LogP contribution in [0, 0.1) is 11.3 Å². The minimum absolute atomic E-state index is 0.101. The quantitative estimate of drug-likeness (QED) is 0.729. The molecule has 0 heterocycles. The van der Waals surface area contributed by atoms with E-state index in [1.807, 2.05) is 0 Å². The molecule has 1 atom stereocenters. The fraction of sp³-hybridized carbons (Fsp3) is 0.917. The third-order valence-corrected chi connectivity index (χ3v) is 3.45. The van der Waals surface area contributed by atoms with Gasteiger partial charge in [-0.15, -0.1) is 0 Å². The number of nitrogens with one attached hydrogen (secondary N) is 1. The van der Waals surface area contributed by atoms with Crippen molar-refractivity contribution in [3.8, 4) is 6.07 Å². The molecule has 1 saturated carbocycles. The number of aliphatic hydroxyl groups excluding tert-OH is 1. The third kappa shape index (κ3) is 3.48. The number of aliphatic hydroxyl groups is 1. The molecular formula is C12H22N2O. The van der Waals surface area contributed by atoms with E-state index in [9.17, 15) is 5.11 Å². The number of nitriles is 1. The molecule has 2 N–H and O–H groups in total. The summed E-state index contributed by atoms with van der Waals surface area (Å²) in [5.74, 6) is 0. The lowest BCUT2D eigenvalue weighted by Crippen LogP contribution is -2.53. The molecule has 0 radical (unpaired) electrons. The van der Waals surface area contributed by atoms with Gasteiger partial charge in [0.2, 0.25) is 0 Å². The Morgan fingerprint density at radius 3 is 2.53 bits per heavy atom. The van der Waals surface area contributed by atoms with Gasteiger partial charge in [0.15, 0.2) is 0 Å². The van der Waals surface area contributed by atoms with E-state index in [0.717, 1.165) is 19.3 Å². The maximum Gasteiger partial charge on any atom is 0.0638 e. The van der Waals surface area contributed by atoms with Gasteiger partial charge in [0, 0.05) is 11.6 Å². The fourth-order valence-electron chi connectivity index (χ4n) is 2.42. The molecule has 0 aromatic rings. The first kappa shape index (κ1) is 12.5. The van der Waals surface area contributed by atoms with Crippen LogP contribution >= 0.6 is 0 Å². The predicted molar refractivity (Wildman–Crippen MR) is 60.3 cm³/mol. The number of hydrogen-bond donors (Lipinski definition) is 2. The third-order valence-electron chi connectivity index (χ3n) is 3.45. The van der Waals surface area contributed by atoms with E-state index in [1.165, 1.54) is 19.3 Å². The molecule has 0 spiro atoms. The number of hydrogen-bond acceptors (Lipinski definition) is 3. The van der Waals surface area contributed by atoms with Crippen LogP contribution < -0.4 is 5.32 Å². The van der Waals surface area contributed by atoms with E-state index in [-0.39, 0.29) is 18.2 Å². The Bertz CT molecular complexity index is 216. The summed E-state index contributed by atoms with van der Waals surface area (Å²) in [5.41, 5.74) is -0.101. The van der Waals surface area contributed by atoms with Crippen LogP contribution in [0.3, 0.4) is 0 Å². The summed E-state index contributed by atoms with van der Waals surface area (Å²) in [7, 11) is 0. The summed E-state index contributed by atoms with van der Waals surface area (Å²) >= 11 is 0. The minimum Gasteiger partial charge on any atom is -0.394 e. The first-order valence-corrected chi connectivity index (χ1v) is 6.02. The molecule has 0 aliphatic heterocycles. The summed E-state index contributed by atoms with van der Waals surface area (Å²) in [5, 5.41) is 21.7. The van der Waals surface area contributed by atoms with Gasteiger partial charge in [-0.25, -0.2) is 0 Å². The second-order valence-corrected chi connectivity index (χ2v) is 4.61. The van der Waals surface area contributed by atoms with Crippen molar-refractivity contribution in [2.24, 2.45) is 0 Å². The SMILES string of the molecule is CCC(CC#N)NC1(CO)CCCCC1. The summed E-state index contributed by atoms with van der Waals surface area (Å²) in [6.07, 6.45) is 7.25.